The number of ether oxygens (including phenoxy) is 1. The third kappa shape index (κ3) is 5.72. The molecule has 2 rings (SSSR count). The number of halogens is 1. The maximum atomic E-state index is 12.8. The monoisotopic (exact) mass is 466 g/mol. The number of nitrogens with zero attached hydrogens (tertiary/aromatic N) is 1. The Labute approximate surface area is 167 Å². The van der Waals surface area contributed by atoms with E-state index in [1.54, 1.807) is 11.9 Å². The van der Waals surface area contributed by atoms with E-state index < -0.39 is 6.04 Å². The predicted octanol–water partition coefficient (Wildman–Crippen LogP) is 3.22. The molecule has 2 aromatic carbocycles. The van der Waals surface area contributed by atoms with Gasteiger partial charge in [0.15, 0.2) is 6.61 Å². The highest BCUT2D eigenvalue weighted by Crippen LogP contribution is 2.16. The molecule has 26 heavy (non-hydrogen) atoms. The SMILES string of the molecule is CC[C@H](C(=O)NC)N(Cc1ccccc1)C(=O)COc1ccc(I)cc1. The zero-order valence-corrected chi connectivity index (χ0v) is 17.1. The quantitative estimate of drug-likeness (QED) is 0.608. The Morgan fingerprint density at radius 2 is 1.77 bits per heavy atom. The lowest BCUT2D eigenvalue weighted by Crippen LogP contribution is -2.49. The molecule has 0 aromatic heterocycles. The topological polar surface area (TPSA) is 58.6 Å². The van der Waals surface area contributed by atoms with Gasteiger partial charge < -0.3 is 15.0 Å². The van der Waals surface area contributed by atoms with E-state index in [4.69, 9.17) is 4.74 Å². The van der Waals surface area contributed by atoms with Crippen LogP contribution in [0.5, 0.6) is 5.75 Å². The molecule has 138 valence electrons. The molecule has 1 N–H and O–H groups in total. The number of carbonyl (C=O) groups excluding carboxylic acids is 2. The molecule has 6 heteroatoms. The predicted molar refractivity (Wildman–Crippen MR) is 110 cm³/mol. The Morgan fingerprint density at radius 3 is 2.35 bits per heavy atom. The maximum Gasteiger partial charge on any atom is 0.261 e. The van der Waals surface area contributed by atoms with Crippen molar-refractivity contribution in [3.05, 3.63) is 63.7 Å². The maximum absolute atomic E-state index is 12.8. The van der Waals surface area contributed by atoms with E-state index in [9.17, 15) is 9.59 Å². The molecule has 0 bridgehead atoms. The first-order valence-corrected chi connectivity index (χ1v) is 9.56. The minimum absolute atomic E-state index is 0.110. The van der Waals surface area contributed by atoms with Crippen molar-refractivity contribution in [2.75, 3.05) is 13.7 Å². The fraction of sp³-hybridized carbons (Fsp3) is 0.300. The number of benzene rings is 2. The largest absolute Gasteiger partial charge is 0.484 e. The Hall–Kier alpha value is -2.09. The van der Waals surface area contributed by atoms with Crippen molar-refractivity contribution in [2.45, 2.75) is 25.9 Å². The van der Waals surface area contributed by atoms with Crippen LogP contribution in [0, 0.1) is 3.57 Å². The zero-order chi connectivity index (χ0) is 18.9. The van der Waals surface area contributed by atoms with Crippen LogP contribution in [0.25, 0.3) is 0 Å². The smallest absolute Gasteiger partial charge is 0.261 e. The Morgan fingerprint density at radius 1 is 1.12 bits per heavy atom. The van der Waals surface area contributed by atoms with E-state index in [2.05, 4.69) is 27.9 Å². The summed E-state index contributed by atoms with van der Waals surface area (Å²) in [6.07, 6.45) is 0.530. The lowest BCUT2D eigenvalue weighted by Gasteiger charge is -2.30. The molecule has 0 aliphatic carbocycles. The normalized spacial score (nSPS) is 11.5. The van der Waals surface area contributed by atoms with E-state index in [-0.39, 0.29) is 18.4 Å². The number of hydrogen-bond donors (Lipinski definition) is 1. The average molecular weight is 466 g/mol. The molecule has 1 atom stereocenters. The minimum Gasteiger partial charge on any atom is -0.484 e. The van der Waals surface area contributed by atoms with Crippen molar-refractivity contribution in [3.63, 3.8) is 0 Å². The summed E-state index contributed by atoms with van der Waals surface area (Å²) in [6, 6.07) is 16.6. The van der Waals surface area contributed by atoms with Crippen LogP contribution >= 0.6 is 22.6 Å². The van der Waals surface area contributed by atoms with Crippen molar-refractivity contribution in [1.82, 2.24) is 10.2 Å². The summed E-state index contributed by atoms with van der Waals surface area (Å²) in [6.45, 7) is 2.15. The van der Waals surface area contributed by atoms with Crippen LogP contribution in [0.3, 0.4) is 0 Å². The molecule has 0 saturated heterocycles. The van der Waals surface area contributed by atoms with Gasteiger partial charge in [0.2, 0.25) is 5.91 Å². The zero-order valence-electron chi connectivity index (χ0n) is 14.9. The molecule has 0 aliphatic heterocycles. The molecule has 0 radical (unpaired) electrons. The third-order valence-electron chi connectivity index (χ3n) is 4.00. The highest BCUT2D eigenvalue weighted by Gasteiger charge is 2.28. The van der Waals surface area contributed by atoms with Crippen molar-refractivity contribution in [2.24, 2.45) is 0 Å². The molecule has 2 aromatic rings. The second kappa shape index (κ2) is 10.2. The first-order valence-electron chi connectivity index (χ1n) is 8.48. The van der Waals surface area contributed by atoms with E-state index in [0.29, 0.717) is 18.7 Å². The lowest BCUT2D eigenvalue weighted by atomic mass is 10.1. The van der Waals surface area contributed by atoms with Gasteiger partial charge in [-0.05, 0) is 58.8 Å². The number of nitrogens with one attached hydrogen (secondary N) is 1. The van der Waals surface area contributed by atoms with Crippen LogP contribution in [0.1, 0.15) is 18.9 Å². The summed E-state index contributed by atoms with van der Waals surface area (Å²) < 4.78 is 6.72. The Kier molecular flexibility index (Phi) is 7.90. The highest BCUT2D eigenvalue weighted by atomic mass is 127. The van der Waals surface area contributed by atoms with Crippen LogP contribution in [-0.2, 0) is 16.1 Å². The standard InChI is InChI=1S/C20H23IN2O3/c1-3-18(20(25)22-2)23(13-15-7-5-4-6-8-15)19(24)14-26-17-11-9-16(21)10-12-17/h4-12,18H,3,13-14H2,1-2H3,(H,22,25)/t18-/m1/s1. The van der Waals surface area contributed by atoms with Crippen molar-refractivity contribution < 1.29 is 14.3 Å². The van der Waals surface area contributed by atoms with Crippen LogP contribution < -0.4 is 10.1 Å². The van der Waals surface area contributed by atoms with Gasteiger partial charge in [-0.15, -0.1) is 0 Å². The molecule has 0 fully saturated rings. The van der Waals surface area contributed by atoms with Gasteiger partial charge >= 0.3 is 0 Å². The number of carbonyl (C=O) groups is 2. The molecule has 2 amide bonds. The van der Waals surface area contributed by atoms with Crippen LogP contribution in [0.2, 0.25) is 0 Å². The van der Waals surface area contributed by atoms with Gasteiger partial charge in [-0.1, -0.05) is 37.3 Å². The van der Waals surface area contributed by atoms with E-state index >= 15 is 0 Å². The lowest BCUT2D eigenvalue weighted by molar-refractivity contribution is -0.142. The molecular weight excluding hydrogens is 443 g/mol. The molecule has 5 nitrogen and oxygen atoms in total. The average Bonchev–Trinajstić information content (AvgIpc) is 2.67. The number of amides is 2. The second-order valence-corrected chi connectivity index (χ2v) is 7.03. The van der Waals surface area contributed by atoms with Gasteiger partial charge in [-0.25, -0.2) is 0 Å². The van der Waals surface area contributed by atoms with E-state index in [1.165, 1.54) is 0 Å². The van der Waals surface area contributed by atoms with E-state index in [0.717, 1.165) is 9.13 Å². The number of likely N-dealkylation sites (N-methyl/N-ethyl adjacent to an activating group) is 1. The molecule has 0 saturated carbocycles. The fourth-order valence-electron chi connectivity index (χ4n) is 2.63. The van der Waals surface area contributed by atoms with Crippen LogP contribution in [0.15, 0.2) is 54.6 Å². The van der Waals surface area contributed by atoms with Gasteiger partial charge in [0.05, 0.1) is 0 Å². The summed E-state index contributed by atoms with van der Waals surface area (Å²) in [5, 5.41) is 2.64. The number of hydrogen-bond acceptors (Lipinski definition) is 3. The summed E-state index contributed by atoms with van der Waals surface area (Å²) in [4.78, 5) is 26.7. The van der Waals surface area contributed by atoms with Crippen LogP contribution in [-0.4, -0.2) is 36.4 Å². The minimum atomic E-state index is -0.534. The van der Waals surface area contributed by atoms with Crippen molar-refractivity contribution in [1.29, 1.82) is 0 Å². The fourth-order valence-corrected chi connectivity index (χ4v) is 2.98. The van der Waals surface area contributed by atoms with Gasteiger partial charge in [0.25, 0.3) is 5.91 Å². The van der Waals surface area contributed by atoms with Crippen LogP contribution in [0.4, 0.5) is 0 Å². The van der Waals surface area contributed by atoms with Crippen molar-refractivity contribution >= 4 is 34.4 Å². The van der Waals surface area contributed by atoms with E-state index in [1.807, 2.05) is 61.5 Å². The Balaban J connectivity index is 2.13. The summed E-state index contributed by atoms with van der Waals surface area (Å²) in [5.74, 6) is 0.236. The first-order chi connectivity index (χ1) is 12.5. The molecule has 0 aliphatic rings. The molecular formula is C20H23IN2O3. The van der Waals surface area contributed by atoms with Gasteiger partial charge in [0.1, 0.15) is 11.8 Å². The Bertz CT molecular complexity index is 720. The summed E-state index contributed by atoms with van der Waals surface area (Å²) in [5.41, 5.74) is 0.970. The molecule has 0 spiro atoms. The van der Waals surface area contributed by atoms with Gasteiger partial charge in [-0.2, -0.15) is 0 Å². The number of rotatable bonds is 8. The third-order valence-corrected chi connectivity index (χ3v) is 4.72. The van der Waals surface area contributed by atoms with Gasteiger partial charge in [0, 0.05) is 17.2 Å². The first kappa shape index (κ1) is 20.2. The summed E-state index contributed by atoms with van der Waals surface area (Å²) in [7, 11) is 1.58. The van der Waals surface area contributed by atoms with Gasteiger partial charge in [-0.3, -0.25) is 9.59 Å². The highest BCUT2D eigenvalue weighted by molar-refractivity contribution is 14.1. The van der Waals surface area contributed by atoms with Crippen molar-refractivity contribution in [3.8, 4) is 5.75 Å². The summed E-state index contributed by atoms with van der Waals surface area (Å²) >= 11 is 2.21. The second-order valence-electron chi connectivity index (χ2n) is 5.79. The molecule has 0 unspecified atom stereocenters. The molecule has 0 heterocycles.